The van der Waals surface area contributed by atoms with Gasteiger partial charge in [-0.15, -0.1) is 0 Å². The van der Waals surface area contributed by atoms with Crippen LogP contribution in [-0.2, 0) is 23.0 Å². The Morgan fingerprint density at radius 2 is 2.00 bits per heavy atom. The number of ether oxygens (including phenoxy) is 2. The lowest BCUT2D eigenvalue weighted by Crippen LogP contribution is -2.36. The lowest BCUT2D eigenvalue weighted by molar-refractivity contribution is 0.367. The fourth-order valence-electron chi connectivity index (χ4n) is 3.76. The van der Waals surface area contributed by atoms with Gasteiger partial charge in [-0.25, -0.2) is 13.4 Å². The third kappa shape index (κ3) is 3.35. The summed E-state index contributed by atoms with van der Waals surface area (Å²) >= 11 is 0. The van der Waals surface area contributed by atoms with Gasteiger partial charge in [0, 0.05) is 55.3 Å². The van der Waals surface area contributed by atoms with Crippen molar-refractivity contribution in [1.29, 1.82) is 0 Å². The molecule has 1 aliphatic heterocycles. The van der Waals surface area contributed by atoms with Gasteiger partial charge < -0.3 is 14.5 Å². The lowest BCUT2D eigenvalue weighted by Gasteiger charge is -2.28. The van der Waals surface area contributed by atoms with Gasteiger partial charge in [0.1, 0.15) is 22.1 Å². The Morgan fingerprint density at radius 3 is 2.63 bits per heavy atom. The lowest BCUT2D eigenvalue weighted by atomic mass is 10.1. The molecule has 3 heterocycles. The highest BCUT2D eigenvalue weighted by Crippen LogP contribution is 2.35. The molecule has 1 aromatic carbocycles. The van der Waals surface area contributed by atoms with Gasteiger partial charge in [0.15, 0.2) is 5.82 Å². The summed E-state index contributed by atoms with van der Waals surface area (Å²) < 4.78 is 41.0. The van der Waals surface area contributed by atoms with Crippen LogP contribution in [0, 0.1) is 0 Å². The molecule has 0 bridgehead atoms. The van der Waals surface area contributed by atoms with Crippen molar-refractivity contribution in [2.45, 2.75) is 37.8 Å². The molecule has 10 heteroatoms. The number of H-pyrrole nitrogens is 1. The van der Waals surface area contributed by atoms with Crippen molar-refractivity contribution in [3.63, 3.8) is 0 Å². The minimum atomic E-state index is -3.82. The van der Waals surface area contributed by atoms with Crippen LogP contribution in [0.5, 0.6) is 11.5 Å². The Hall–Kier alpha value is -2.85. The second kappa shape index (κ2) is 7.77. The second-order valence-corrected chi connectivity index (χ2v) is 9.26. The van der Waals surface area contributed by atoms with E-state index in [9.17, 15) is 8.42 Å². The number of nitrogens with zero attached hydrogens (tertiary/aromatic N) is 4. The van der Waals surface area contributed by atoms with Crippen molar-refractivity contribution in [2.24, 2.45) is 0 Å². The normalized spacial score (nSPS) is 14.7. The third-order valence-electron chi connectivity index (χ3n) is 5.25. The van der Waals surface area contributed by atoms with E-state index in [1.54, 1.807) is 24.5 Å². The second-order valence-electron chi connectivity index (χ2n) is 7.36. The fraction of sp³-hybridized carbons (Fsp3) is 0.400. The predicted molar refractivity (Wildman–Crippen MR) is 111 cm³/mol. The first-order valence-corrected chi connectivity index (χ1v) is 11.1. The standard InChI is InChI=1S/C20H25N5O4S/c1-13(2)25-16-7-10-24(12-15(16)19(23-25)20-21-8-9-22-20)30(26,27)18-11-14(28-3)5-6-17(18)29-4/h5-6,8-9,11,13H,7,10,12H2,1-4H3,(H,21,22). The maximum absolute atomic E-state index is 13.5. The van der Waals surface area contributed by atoms with E-state index in [4.69, 9.17) is 14.6 Å². The van der Waals surface area contributed by atoms with E-state index in [0.717, 1.165) is 11.3 Å². The van der Waals surface area contributed by atoms with E-state index in [1.807, 2.05) is 4.68 Å². The Kier molecular flexibility index (Phi) is 5.29. The van der Waals surface area contributed by atoms with E-state index >= 15 is 0 Å². The number of imidazole rings is 1. The fourth-order valence-corrected chi connectivity index (χ4v) is 5.34. The number of fused-ring (bicyclic) bond motifs is 1. The molecule has 4 rings (SSSR count). The zero-order chi connectivity index (χ0) is 21.5. The van der Waals surface area contributed by atoms with Crippen LogP contribution >= 0.6 is 0 Å². The number of aromatic amines is 1. The van der Waals surface area contributed by atoms with Crippen LogP contribution in [0.15, 0.2) is 35.5 Å². The van der Waals surface area contributed by atoms with E-state index < -0.39 is 10.0 Å². The Labute approximate surface area is 175 Å². The van der Waals surface area contributed by atoms with Gasteiger partial charge in [0.25, 0.3) is 0 Å². The average molecular weight is 432 g/mol. The zero-order valence-electron chi connectivity index (χ0n) is 17.4. The summed E-state index contributed by atoms with van der Waals surface area (Å²) in [5.74, 6) is 1.37. The molecule has 0 unspecified atom stereocenters. The third-order valence-corrected chi connectivity index (χ3v) is 7.12. The van der Waals surface area contributed by atoms with Crippen molar-refractivity contribution >= 4 is 10.0 Å². The quantitative estimate of drug-likeness (QED) is 0.644. The minimum Gasteiger partial charge on any atom is -0.497 e. The number of nitrogens with one attached hydrogen (secondary N) is 1. The summed E-state index contributed by atoms with van der Waals surface area (Å²) in [5, 5.41) is 4.74. The van der Waals surface area contributed by atoms with Gasteiger partial charge in [-0.05, 0) is 26.0 Å². The number of benzene rings is 1. The molecular weight excluding hydrogens is 406 g/mol. The van der Waals surface area contributed by atoms with E-state index in [1.165, 1.54) is 24.6 Å². The van der Waals surface area contributed by atoms with Crippen LogP contribution in [0.4, 0.5) is 0 Å². The molecule has 0 radical (unpaired) electrons. The first-order valence-electron chi connectivity index (χ1n) is 9.69. The SMILES string of the molecule is COc1ccc(OC)c(S(=O)(=O)N2CCc3c(c(-c4ncc[nH]4)nn3C(C)C)C2)c1. The zero-order valence-corrected chi connectivity index (χ0v) is 18.2. The average Bonchev–Trinajstić information content (AvgIpc) is 3.40. The molecule has 9 nitrogen and oxygen atoms in total. The molecule has 3 aromatic rings. The van der Waals surface area contributed by atoms with Crippen LogP contribution < -0.4 is 9.47 Å². The summed E-state index contributed by atoms with van der Waals surface area (Å²) in [6.45, 7) is 4.68. The van der Waals surface area contributed by atoms with Crippen molar-refractivity contribution in [3.8, 4) is 23.0 Å². The minimum absolute atomic E-state index is 0.0867. The van der Waals surface area contributed by atoms with Gasteiger partial charge >= 0.3 is 0 Å². The van der Waals surface area contributed by atoms with E-state index in [0.29, 0.717) is 30.2 Å². The van der Waals surface area contributed by atoms with Gasteiger partial charge in [0.2, 0.25) is 10.0 Å². The van der Waals surface area contributed by atoms with Crippen molar-refractivity contribution in [1.82, 2.24) is 24.1 Å². The molecule has 30 heavy (non-hydrogen) atoms. The van der Waals surface area contributed by atoms with Crippen molar-refractivity contribution in [2.75, 3.05) is 20.8 Å². The van der Waals surface area contributed by atoms with Gasteiger partial charge in [-0.2, -0.15) is 9.40 Å². The summed E-state index contributed by atoms with van der Waals surface area (Å²) in [6, 6.07) is 4.93. The maximum atomic E-state index is 13.5. The first-order chi connectivity index (χ1) is 14.4. The number of hydrogen-bond acceptors (Lipinski definition) is 6. The molecule has 1 N–H and O–H groups in total. The monoisotopic (exact) mass is 431 g/mol. The molecular formula is C20H25N5O4S. The Bertz CT molecular complexity index is 1150. The van der Waals surface area contributed by atoms with Gasteiger partial charge in [0.05, 0.1) is 14.2 Å². The summed E-state index contributed by atoms with van der Waals surface area (Å²) in [7, 11) is -0.859. The number of aromatic nitrogens is 4. The molecule has 1 aliphatic rings. The maximum Gasteiger partial charge on any atom is 0.247 e. The summed E-state index contributed by atoms with van der Waals surface area (Å²) in [6.07, 6.45) is 3.95. The molecule has 0 spiro atoms. The molecule has 2 aromatic heterocycles. The molecule has 160 valence electrons. The predicted octanol–water partition coefficient (Wildman–Crippen LogP) is 2.62. The van der Waals surface area contributed by atoms with Crippen molar-refractivity contribution in [3.05, 3.63) is 41.9 Å². The molecule has 0 amide bonds. The van der Waals surface area contributed by atoms with Crippen LogP contribution in [0.3, 0.4) is 0 Å². The summed E-state index contributed by atoms with van der Waals surface area (Å²) in [5.41, 5.74) is 2.59. The van der Waals surface area contributed by atoms with Gasteiger partial charge in [-0.3, -0.25) is 4.68 Å². The number of sulfonamides is 1. The van der Waals surface area contributed by atoms with Crippen molar-refractivity contribution < 1.29 is 17.9 Å². The smallest absolute Gasteiger partial charge is 0.247 e. The first kappa shape index (κ1) is 20.4. The topological polar surface area (TPSA) is 102 Å². The number of rotatable bonds is 6. The van der Waals surface area contributed by atoms with Crippen LogP contribution in [-0.4, -0.2) is 53.2 Å². The highest BCUT2D eigenvalue weighted by atomic mass is 32.2. The van der Waals surface area contributed by atoms with Gasteiger partial charge in [-0.1, -0.05) is 0 Å². The highest BCUT2D eigenvalue weighted by molar-refractivity contribution is 7.89. The van der Waals surface area contributed by atoms with E-state index in [2.05, 4.69) is 23.8 Å². The highest BCUT2D eigenvalue weighted by Gasteiger charge is 2.35. The molecule has 0 fully saturated rings. The Morgan fingerprint density at radius 1 is 1.20 bits per heavy atom. The van der Waals surface area contributed by atoms with E-state index in [-0.39, 0.29) is 23.2 Å². The Balaban J connectivity index is 1.78. The number of methoxy groups -OCH3 is 2. The molecule has 0 saturated heterocycles. The molecule has 0 saturated carbocycles. The largest absolute Gasteiger partial charge is 0.497 e. The summed E-state index contributed by atoms with van der Waals surface area (Å²) in [4.78, 5) is 7.50. The molecule has 0 atom stereocenters. The van der Waals surface area contributed by atoms with Crippen LogP contribution in [0.1, 0.15) is 31.1 Å². The molecule has 0 aliphatic carbocycles. The number of hydrogen-bond donors (Lipinski definition) is 1. The van der Waals surface area contributed by atoms with Crippen LogP contribution in [0.25, 0.3) is 11.5 Å². The van der Waals surface area contributed by atoms with Crippen LogP contribution in [0.2, 0.25) is 0 Å².